The standard InChI is InChI=1S/C20H20FNO4S3/c1-14-5-6-15(2)18(12-14)29(25,26)22-13-19(16-7-9-17(21)10-8-16)28(23,24)20-4-3-11-27-20/h3-12,19,22H,13H2,1-2H3/t19-/m1/s1. The van der Waals surface area contributed by atoms with Crippen molar-refractivity contribution in [3.05, 3.63) is 82.5 Å². The number of hydrogen-bond donors (Lipinski definition) is 1. The van der Waals surface area contributed by atoms with Gasteiger partial charge in [-0.25, -0.2) is 25.9 Å². The molecule has 0 spiro atoms. The van der Waals surface area contributed by atoms with Crippen molar-refractivity contribution in [3.8, 4) is 0 Å². The highest BCUT2D eigenvalue weighted by atomic mass is 32.2. The third-order valence-electron chi connectivity index (χ3n) is 4.48. The van der Waals surface area contributed by atoms with Crippen molar-refractivity contribution in [2.24, 2.45) is 0 Å². The smallest absolute Gasteiger partial charge is 0.222 e. The lowest BCUT2D eigenvalue weighted by atomic mass is 10.1. The lowest BCUT2D eigenvalue weighted by molar-refractivity contribution is 0.568. The van der Waals surface area contributed by atoms with Crippen LogP contribution in [0.25, 0.3) is 0 Å². The molecular formula is C20H20FNO4S3. The Morgan fingerprint density at radius 3 is 2.31 bits per heavy atom. The van der Waals surface area contributed by atoms with E-state index in [-0.39, 0.29) is 15.6 Å². The Morgan fingerprint density at radius 1 is 1.00 bits per heavy atom. The molecule has 154 valence electrons. The predicted molar refractivity (Wildman–Crippen MR) is 112 cm³/mol. The molecule has 3 rings (SSSR count). The summed E-state index contributed by atoms with van der Waals surface area (Å²) >= 11 is 1.05. The molecule has 1 heterocycles. The number of hydrogen-bond acceptors (Lipinski definition) is 5. The Labute approximate surface area is 174 Å². The van der Waals surface area contributed by atoms with Crippen molar-refractivity contribution in [2.45, 2.75) is 28.2 Å². The number of sulfone groups is 1. The van der Waals surface area contributed by atoms with Gasteiger partial charge in [0.2, 0.25) is 10.0 Å². The Bertz CT molecular complexity index is 1200. The number of thiophene rings is 1. The van der Waals surface area contributed by atoms with Crippen molar-refractivity contribution in [2.75, 3.05) is 6.54 Å². The lowest BCUT2D eigenvalue weighted by Crippen LogP contribution is -2.32. The second kappa shape index (κ2) is 8.35. The van der Waals surface area contributed by atoms with Gasteiger partial charge in [0.15, 0.2) is 9.84 Å². The summed E-state index contributed by atoms with van der Waals surface area (Å²) in [7, 11) is -7.82. The summed E-state index contributed by atoms with van der Waals surface area (Å²) in [5.41, 5.74) is 1.64. The van der Waals surface area contributed by atoms with E-state index in [1.807, 2.05) is 0 Å². The minimum Gasteiger partial charge on any atom is -0.222 e. The molecule has 0 saturated carbocycles. The average molecular weight is 454 g/mol. The molecule has 3 aromatic rings. The van der Waals surface area contributed by atoms with Crippen LogP contribution in [-0.4, -0.2) is 23.4 Å². The molecule has 0 radical (unpaired) electrons. The fourth-order valence-electron chi connectivity index (χ4n) is 2.91. The van der Waals surface area contributed by atoms with Crippen LogP contribution in [0.1, 0.15) is 21.9 Å². The van der Waals surface area contributed by atoms with Gasteiger partial charge in [0.1, 0.15) is 15.3 Å². The van der Waals surface area contributed by atoms with E-state index in [1.54, 1.807) is 43.5 Å². The first kappa shape index (κ1) is 21.6. The van der Waals surface area contributed by atoms with Crippen LogP contribution in [0.3, 0.4) is 0 Å². The normalized spacial score (nSPS) is 13.3. The van der Waals surface area contributed by atoms with Gasteiger partial charge in [-0.1, -0.05) is 30.3 Å². The highest BCUT2D eigenvalue weighted by Gasteiger charge is 2.32. The number of sulfonamides is 1. The summed E-state index contributed by atoms with van der Waals surface area (Å²) in [4.78, 5) is 0.101. The van der Waals surface area contributed by atoms with E-state index >= 15 is 0 Å². The molecule has 2 aromatic carbocycles. The SMILES string of the molecule is Cc1ccc(C)c(S(=O)(=O)NC[C@H](c2ccc(F)cc2)S(=O)(=O)c2cccs2)c1. The number of halogens is 1. The van der Waals surface area contributed by atoms with E-state index in [4.69, 9.17) is 0 Å². The number of aryl methyl sites for hydroxylation is 2. The van der Waals surface area contributed by atoms with Crippen molar-refractivity contribution in [1.82, 2.24) is 4.72 Å². The molecule has 0 aliphatic heterocycles. The van der Waals surface area contributed by atoms with E-state index < -0.39 is 30.9 Å². The van der Waals surface area contributed by atoms with E-state index in [0.717, 1.165) is 29.0 Å². The van der Waals surface area contributed by atoms with Gasteiger partial charge in [-0.05, 0) is 60.2 Å². The number of benzene rings is 2. The number of rotatable bonds is 7. The monoisotopic (exact) mass is 453 g/mol. The Kier molecular flexibility index (Phi) is 6.23. The fraction of sp³-hybridized carbons (Fsp3) is 0.200. The summed E-state index contributed by atoms with van der Waals surface area (Å²) in [5.74, 6) is -0.503. The van der Waals surface area contributed by atoms with Gasteiger partial charge in [-0.3, -0.25) is 0 Å². The Morgan fingerprint density at radius 2 is 1.69 bits per heavy atom. The third-order valence-corrected chi connectivity index (χ3v) is 9.58. The lowest BCUT2D eigenvalue weighted by Gasteiger charge is -2.19. The molecule has 0 amide bonds. The molecule has 9 heteroatoms. The van der Waals surface area contributed by atoms with E-state index in [1.165, 1.54) is 18.2 Å². The van der Waals surface area contributed by atoms with Crippen LogP contribution >= 0.6 is 11.3 Å². The van der Waals surface area contributed by atoms with Crippen LogP contribution in [0.5, 0.6) is 0 Å². The molecule has 0 bridgehead atoms. The van der Waals surface area contributed by atoms with Gasteiger partial charge in [-0.2, -0.15) is 0 Å². The highest BCUT2D eigenvalue weighted by molar-refractivity contribution is 7.93. The second-order valence-electron chi connectivity index (χ2n) is 6.64. The maximum Gasteiger partial charge on any atom is 0.240 e. The minimum absolute atomic E-state index is 0.101. The zero-order chi connectivity index (χ0) is 21.2. The topological polar surface area (TPSA) is 80.3 Å². The quantitative estimate of drug-likeness (QED) is 0.586. The molecule has 0 aliphatic carbocycles. The van der Waals surface area contributed by atoms with Gasteiger partial charge in [-0.15, -0.1) is 11.3 Å². The fourth-order valence-corrected chi connectivity index (χ4v) is 7.26. The van der Waals surface area contributed by atoms with Gasteiger partial charge >= 0.3 is 0 Å². The average Bonchev–Trinajstić information content (AvgIpc) is 3.20. The van der Waals surface area contributed by atoms with Crippen molar-refractivity contribution in [3.63, 3.8) is 0 Å². The van der Waals surface area contributed by atoms with Gasteiger partial charge in [0, 0.05) is 6.54 Å². The molecule has 0 fully saturated rings. The van der Waals surface area contributed by atoms with Gasteiger partial charge < -0.3 is 0 Å². The van der Waals surface area contributed by atoms with Crippen LogP contribution < -0.4 is 4.72 Å². The minimum atomic E-state index is -3.94. The van der Waals surface area contributed by atoms with Crippen LogP contribution in [0, 0.1) is 19.7 Å². The first-order valence-electron chi connectivity index (χ1n) is 8.71. The van der Waals surface area contributed by atoms with Gasteiger partial charge in [0.25, 0.3) is 0 Å². The largest absolute Gasteiger partial charge is 0.240 e. The van der Waals surface area contributed by atoms with Crippen LogP contribution in [0.15, 0.2) is 69.1 Å². The zero-order valence-corrected chi connectivity index (χ0v) is 18.2. The molecular weight excluding hydrogens is 433 g/mol. The van der Waals surface area contributed by atoms with Crippen LogP contribution in [0.4, 0.5) is 4.39 Å². The Balaban J connectivity index is 1.98. The Hall–Kier alpha value is -2.07. The number of nitrogens with one attached hydrogen (secondary N) is 1. The van der Waals surface area contributed by atoms with Crippen molar-refractivity contribution < 1.29 is 21.2 Å². The van der Waals surface area contributed by atoms with Crippen molar-refractivity contribution >= 4 is 31.2 Å². The van der Waals surface area contributed by atoms with Crippen LogP contribution in [0.2, 0.25) is 0 Å². The predicted octanol–water partition coefficient (Wildman–Crippen LogP) is 4.00. The molecule has 0 unspecified atom stereocenters. The van der Waals surface area contributed by atoms with Gasteiger partial charge in [0.05, 0.1) is 4.90 Å². The van der Waals surface area contributed by atoms with E-state index in [9.17, 15) is 21.2 Å². The zero-order valence-electron chi connectivity index (χ0n) is 15.8. The molecule has 5 nitrogen and oxygen atoms in total. The molecule has 0 saturated heterocycles. The van der Waals surface area contributed by atoms with E-state index in [0.29, 0.717) is 11.1 Å². The van der Waals surface area contributed by atoms with Crippen molar-refractivity contribution in [1.29, 1.82) is 0 Å². The molecule has 1 atom stereocenters. The first-order chi connectivity index (χ1) is 13.6. The highest BCUT2D eigenvalue weighted by Crippen LogP contribution is 2.31. The summed E-state index contributed by atoms with van der Waals surface area (Å²) in [6, 6.07) is 13.2. The first-order valence-corrected chi connectivity index (χ1v) is 12.6. The van der Waals surface area contributed by atoms with E-state index in [2.05, 4.69) is 4.72 Å². The molecule has 0 aliphatic rings. The summed E-state index contributed by atoms with van der Waals surface area (Å²) in [6.45, 7) is 3.08. The molecule has 1 aromatic heterocycles. The maximum atomic E-state index is 13.3. The second-order valence-corrected chi connectivity index (χ2v) is 11.7. The molecule has 29 heavy (non-hydrogen) atoms. The summed E-state index contributed by atoms with van der Waals surface area (Å²) < 4.78 is 67.9. The summed E-state index contributed by atoms with van der Waals surface area (Å²) in [6.07, 6.45) is 0. The maximum absolute atomic E-state index is 13.3. The molecule has 1 N–H and O–H groups in total. The van der Waals surface area contributed by atoms with Crippen LogP contribution in [-0.2, 0) is 19.9 Å². The summed E-state index contributed by atoms with van der Waals surface area (Å²) in [5, 5.41) is 0.441. The third kappa shape index (κ3) is 4.75.